The van der Waals surface area contributed by atoms with Crippen molar-refractivity contribution in [3.63, 3.8) is 0 Å². The highest BCUT2D eigenvalue weighted by molar-refractivity contribution is 6.31. The molecule has 20 heavy (non-hydrogen) atoms. The van der Waals surface area contributed by atoms with E-state index in [1.807, 2.05) is 6.07 Å². The summed E-state index contributed by atoms with van der Waals surface area (Å²) in [7, 11) is 0. The molecule has 0 bridgehead atoms. The van der Waals surface area contributed by atoms with E-state index in [9.17, 15) is 9.59 Å². The second-order valence-corrected chi connectivity index (χ2v) is 4.72. The molecule has 1 N–H and O–H groups in total. The number of fused-ring (bicyclic) bond motifs is 1. The summed E-state index contributed by atoms with van der Waals surface area (Å²) >= 11 is 6.06. The number of rotatable bonds is 2. The van der Waals surface area contributed by atoms with Crippen LogP contribution < -0.4 is 11.2 Å². The number of H-pyrrole nitrogens is 1. The zero-order chi connectivity index (χ0) is 14.1. The number of aromatic amines is 1. The molecule has 100 valence electrons. The topological polar surface area (TPSA) is 67.8 Å². The lowest BCUT2D eigenvalue weighted by Gasteiger charge is -2.07. The fourth-order valence-corrected chi connectivity index (χ4v) is 2.22. The standard InChI is InChI=1S/C14H10ClN3O2/c15-11-6-2-1-4-9(11)8-18-13(19)10-5-3-7-16-12(10)17-14(18)20/h1-7H,8H2,(H,16,17,20). The summed E-state index contributed by atoms with van der Waals surface area (Å²) in [5, 5.41) is 0.893. The van der Waals surface area contributed by atoms with E-state index in [2.05, 4.69) is 9.97 Å². The molecule has 2 heterocycles. The van der Waals surface area contributed by atoms with Gasteiger partial charge in [-0.2, -0.15) is 0 Å². The van der Waals surface area contributed by atoms with Crippen LogP contribution in [0.1, 0.15) is 5.56 Å². The Balaban J connectivity index is 2.20. The SMILES string of the molecule is O=c1[nH]c2ncccc2c(=O)n1Cc1ccccc1Cl. The van der Waals surface area contributed by atoms with Gasteiger partial charge in [0.05, 0.1) is 11.9 Å². The van der Waals surface area contributed by atoms with Crippen LogP contribution in [0.4, 0.5) is 0 Å². The first kappa shape index (κ1) is 12.6. The normalized spacial score (nSPS) is 10.8. The summed E-state index contributed by atoms with van der Waals surface area (Å²) in [5.74, 6) is 0. The Morgan fingerprint density at radius 2 is 1.95 bits per heavy atom. The first-order valence-corrected chi connectivity index (χ1v) is 6.36. The van der Waals surface area contributed by atoms with Gasteiger partial charge in [0.2, 0.25) is 0 Å². The van der Waals surface area contributed by atoms with E-state index >= 15 is 0 Å². The molecule has 0 amide bonds. The lowest BCUT2D eigenvalue weighted by molar-refractivity contribution is 0.710. The summed E-state index contributed by atoms with van der Waals surface area (Å²) in [5.41, 5.74) is 0.126. The van der Waals surface area contributed by atoms with Gasteiger partial charge in [-0.3, -0.25) is 14.3 Å². The summed E-state index contributed by atoms with van der Waals surface area (Å²) in [6.07, 6.45) is 1.52. The number of nitrogens with zero attached hydrogens (tertiary/aromatic N) is 2. The number of pyridine rings is 1. The van der Waals surface area contributed by atoms with Gasteiger partial charge >= 0.3 is 5.69 Å². The first-order valence-electron chi connectivity index (χ1n) is 5.98. The predicted octanol–water partition coefficient (Wildman–Crippen LogP) is 1.79. The zero-order valence-electron chi connectivity index (χ0n) is 10.3. The van der Waals surface area contributed by atoms with E-state index in [4.69, 9.17) is 11.6 Å². The highest BCUT2D eigenvalue weighted by Gasteiger charge is 2.09. The molecule has 0 spiro atoms. The molecule has 0 saturated carbocycles. The van der Waals surface area contributed by atoms with Crippen LogP contribution in [-0.4, -0.2) is 14.5 Å². The van der Waals surface area contributed by atoms with Gasteiger partial charge in [0.25, 0.3) is 5.56 Å². The molecule has 0 aliphatic heterocycles. The number of nitrogens with one attached hydrogen (secondary N) is 1. The van der Waals surface area contributed by atoms with Gasteiger partial charge in [-0.05, 0) is 23.8 Å². The summed E-state index contributed by atoms with van der Waals surface area (Å²) in [6.45, 7) is 0.124. The van der Waals surface area contributed by atoms with Crippen LogP contribution in [0, 0.1) is 0 Å². The largest absolute Gasteiger partial charge is 0.330 e. The van der Waals surface area contributed by atoms with E-state index < -0.39 is 5.69 Å². The summed E-state index contributed by atoms with van der Waals surface area (Å²) in [4.78, 5) is 30.9. The number of hydrogen-bond donors (Lipinski definition) is 1. The zero-order valence-corrected chi connectivity index (χ0v) is 11.1. The van der Waals surface area contributed by atoms with Crippen molar-refractivity contribution < 1.29 is 0 Å². The molecular formula is C14H10ClN3O2. The van der Waals surface area contributed by atoms with Crippen LogP contribution in [0.5, 0.6) is 0 Å². The minimum Gasteiger partial charge on any atom is -0.291 e. The molecule has 0 radical (unpaired) electrons. The average molecular weight is 288 g/mol. The maximum atomic E-state index is 12.3. The highest BCUT2D eigenvalue weighted by atomic mass is 35.5. The number of halogens is 1. The molecule has 0 fully saturated rings. The van der Waals surface area contributed by atoms with Crippen molar-refractivity contribution in [2.45, 2.75) is 6.54 Å². The highest BCUT2D eigenvalue weighted by Crippen LogP contribution is 2.15. The molecule has 1 aromatic carbocycles. The molecule has 0 aliphatic rings. The van der Waals surface area contributed by atoms with Crippen LogP contribution in [0.25, 0.3) is 11.0 Å². The van der Waals surface area contributed by atoms with Crippen molar-refractivity contribution in [1.82, 2.24) is 14.5 Å². The molecule has 3 aromatic rings. The number of benzene rings is 1. The van der Waals surface area contributed by atoms with Crippen LogP contribution in [0.15, 0.2) is 52.2 Å². The van der Waals surface area contributed by atoms with Crippen molar-refractivity contribution in [2.24, 2.45) is 0 Å². The molecule has 0 atom stereocenters. The van der Waals surface area contributed by atoms with Crippen molar-refractivity contribution in [3.8, 4) is 0 Å². The van der Waals surface area contributed by atoms with E-state index in [1.54, 1.807) is 30.3 Å². The lowest BCUT2D eigenvalue weighted by atomic mass is 10.2. The van der Waals surface area contributed by atoms with Crippen molar-refractivity contribution in [2.75, 3.05) is 0 Å². The Morgan fingerprint density at radius 1 is 1.15 bits per heavy atom. The Morgan fingerprint density at radius 3 is 2.75 bits per heavy atom. The molecule has 2 aromatic heterocycles. The van der Waals surface area contributed by atoms with E-state index in [1.165, 1.54) is 6.20 Å². The third-order valence-corrected chi connectivity index (χ3v) is 3.41. The predicted molar refractivity (Wildman–Crippen MR) is 77.2 cm³/mol. The maximum absolute atomic E-state index is 12.3. The third kappa shape index (κ3) is 2.12. The van der Waals surface area contributed by atoms with Crippen molar-refractivity contribution >= 4 is 22.6 Å². The maximum Gasteiger partial charge on any atom is 0.330 e. The molecule has 0 aliphatic carbocycles. The molecular weight excluding hydrogens is 278 g/mol. The third-order valence-electron chi connectivity index (χ3n) is 3.04. The van der Waals surface area contributed by atoms with Gasteiger partial charge in [-0.25, -0.2) is 9.78 Å². The van der Waals surface area contributed by atoms with Gasteiger partial charge < -0.3 is 0 Å². The second-order valence-electron chi connectivity index (χ2n) is 4.31. The van der Waals surface area contributed by atoms with Crippen LogP contribution in [-0.2, 0) is 6.54 Å². The quantitative estimate of drug-likeness (QED) is 0.781. The molecule has 0 saturated heterocycles. The average Bonchev–Trinajstić information content (AvgIpc) is 2.45. The Labute approximate surface area is 118 Å². The fourth-order valence-electron chi connectivity index (χ4n) is 2.02. The van der Waals surface area contributed by atoms with Crippen LogP contribution in [0.3, 0.4) is 0 Å². The van der Waals surface area contributed by atoms with E-state index in [-0.39, 0.29) is 17.8 Å². The number of hydrogen-bond acceptors (Lipinski definition) is 3. The van der Waals surface area contributed by atoms with Gasteiger partial charge in [-0.1, -0.05) is 29.8 Å². The monoisotopic (exact) mass is 287 g/mol. The summed E-state index contributed by atoms with van der Waals surface area (Å²) < 4.78 is 1.12. The Hall–Kier alpha value is -2.40. The van der Waals surface area contributed by atoms with Crippen molar-refractivity contribution in [1.29, 1.82) is 0 Å². The minimum absolute atomic E-state index is 0.124. The number of aromatic nitrogens is 3. The minimum atomic E-state index is -0.499. The second kappa shape index (κ2) is 4.94. The van der Waals surface area contributed by atoms with Crippen LogP contribution in [0.2, 0.25) is 5.02 Å². The Bertz CT molecular complexity index is 899. The lowest BCUT2D eigenvalue weighted by Crippen LogP contribution is -2.35. The van der Waals surface area contributed by atoms with Crippen LogP contribution >= 0.6 is 11.6 Å². The van der Waals surface area contributed by atoms with E-state index in [0.29, 0.717) is 16.0 Å². The van der Waals surface area contributed by atoms with Gasteiger partial charge in [0, 0.05) is 11.2 Å². The summed E-state index contributed by atoms with van der Waals surface area (Å²) in [6, 6.07) is 10.4. The molecule has 6 heteroatoms. The molecule has 3 rings (SSSR count). The van der Waals surface area contributed by atoms with Crippen molar-refractivity contribution in [3.05, 3.63) is 74.0 Å². The van der Waals surface area contributed by atoms with E-state index in [0.717, 1.165) is 4.57 Å². The fraction of sp³-hybridized carbons (Fsp3) is 0.0714. The van der Waals surface area contributed by atoms with Gasteiger partial charge in [-0.15, -0.1) is 0 Å². The van der Waals surface area contributed by atoms with Gasteiger partial charge in [0.1, 0.15) is 5.65 Å². The molecule has 0 unspecified atom stereocenters. The smallest absolute Gasteiger partial charge is 0.291 e. The van der Waals surface area contributed by atoms with Gasteiger partial charge in [0.15, 0.2) is 0 Å². The first-order chi connectivity index (χ1) is 9.66. The molecule has 5 nitrogen and oxygen atoms in total. The Kier molecular flexibility index (Phi) is 3.12.